The van der Waals surface area contributed by atoms with Gasteiger partial charge in [-0.05, 0) is 20.8 Å². The van der Waals surface area contributed by atoms with Gasteiger partial charge in [-0.25, -0.2) is 0 Å². The minimum absolute atomic E-state index is 0.220. The molecule has 0 N–H and O–H groups in total. The summed E-state index contributed by atoms with van der Waals surface area (Å²) in [6.07, 6.45) is 0. The molecule has 0 heterocycles. The zero-order valence-corrected chi connectivity index (χ0v) is 14.1. The third-order valence-corrected chi connectivity index (χ3v) is 2.93. The van der Waals surface area contributed by atoms with Gasteiger partial charge in [0.05, 0.1) is 11.2 Å². The first-order chi connectivity index (χ1) is 8.94. The van der Waals surface area contributed by atoms with Crippen molar-refractivity contribution in [1.82, 2.24) is 0 Å². The third kappa shape index (κ3) is 8.35. The van der Waals surface area contributed by atoms with Gasteiger partial charge >= 0.3 is 14.2 Å². The maximum absolute atomic E-state index is 11.4. The van der Waals surface area contributed by atoms with Crippen LogP contribution in [0.15, 0.2) is 12.3 Å². The van der Waals surface area contributed by atoms with Crippen molar-refractivity contribution in [1.29, 1.82) is 0 Å². The van der Waals surface area contributed by atoms with Crippen LogP contribution in [-0.4, -0.2) is 19.6 Å². The Balaban J connectivity index is 3.82. The topological polar surface area (TPSA) is 71.1 Å². The quantitative estimate of drug-likeness (QED) is 0.310. The second-order valence-electron chi connectivity index (χ2n) is 6.27. The summed E-state index contributed by atoms with van der Waals surface area (Å²) in [6, 6.07) is 0. The first-order valence-corrected chi connectivity index (χ1v) is 7.46. The van der Waals surface area contributed by atoms with Crippen molar-refractivity contribution in [2.75, 3.05) is 13.6 Å². The van der Waals surface area contributed by atoms with Gasteiger partial charge in [0, 0.05) is 5.41 Å². The summed E-state index contributed by atoms with van der Waals surface area (Å²) < 4.78 is 30.9. The molecule has 0 saturated carbocycles. The van der Waals surface area contributed by atoms with Crippen molar-refractivity contribution in [2.45, 2.75) is 41.5 Å². The molecule has 0 aromatic rings. The van der Waals surface area contributed by atoms with E-state index in [9.17, 15) is 9.36 Å². The molecule has 0 spiro atoms. The molecule has 0 aliphatic carbocycles. The van der Waals surface area contributed by atoms with Crippen LogP contribution in [0.25, 0.3) is 0 Å². The van der Waals surface area contributed by atoms with Gasteiger partial charge in [-0.3, -0.25) is 18.4 Å². The SMILES string of the molecule is C=C(OCO[PH](=O)OCOC(=O)C(C)(C)C)C(C)(C)C. The third-order valence-electron chi connectivity index (χ3n) is 2.23. The Kier molecular flexibility index (Phi) is 7.49. The van der Waals surface area contributed by atoms with Crippen LogP contribution in [0.3, 0.4) is 0 Å². The van der Waals surface area contributed by atoms with Crippen LogP contribution < -0.4 is 0 Å². The first-order valence-electron chi connectivity index (χ1n) is 6.23. The van der Waals surface area contributed by atoms with E-state index >= 15 is 0 Å². The van der Waals surface area contributed by atoms with E-state index in [-0.39, 0.29) is 12.2 Å². The maximum atomic E-state index is 11.4. The Bertz CT molecular complexity index is 330. The van der Waals surface area contributed by atoms with Crippen LogP contribution in [0.5, 0.6) is 0 Å². The number of carbonyl (C=O) groups excluding carboxylic acids is 1. The van der Waals surface area contributed by atoms with Gasteiger partial charge in [0.25, 0.3) is 0 Å². The summed E-state index contributed by atoms with van der Waals surface area (Å²) in [7, 11) is -2.76. The number of hydrogen-bond donors (Lipinski definition) is 0. The molecule has 0 aromatic carbocycles. The molecule has 0 rings (SSSR count). The van der Waals surface area contributed by atoms with E-state index in [4.69, 9.17) is 18.5 Å². The fraction of sp³-hybridized carbons (Fsp3) is 0.769. The summed E-state index contributed by atoms with van der Waals surface area (Å²) in [5.74, 6) is 0.0797. The average molecular weight is 308 g/mol. The Morgan fingerprint density at radius 3 is 1.80 bits per heavy atom. The van der Waals surface area contributed by atoms with Crippen molar-refractivity contribution in [2.24, 2.45) is 10.8 Å². The van der Waals surface area contributed by atoms with E-state index < -0.39 is 26.4 Å². The lowest BCUT2D eigenvalue weighted by Crippen LogP contribution is -2.23. The molecular formula is C13H25O6P. The highest BCUT2D eigenvalue weighted by molar-refractivity contribution is 7.33. The van der Waals surface area contributed by atoms with E-state index in [0.717, 1.165) is 0 Å². The van der Waals surface area contributed by atoms with Crippen molar-refractivity contribution >= 4 is 14.2 Å². The van der Waals surface area contributed by atoms with Crippen LogP contribution in [0.2, 0.25) is 0 Å². The van der Waals surface area contributed by atoms with Gasteiger partial charge < -0.3 is 9.47 Å². The van der Waals surface area contributed by atoms with Gasteiger partial charge in [-0.2, -0.15) is 0 Å². The highest BCUT2D eigenvalue weighted by Crippen LogP contribution is 2.28. The van der Waals surface area contributed by atoms with E-state index in [1.807, 2.05) is 20.8 Å². The molecule has 118 valence electrons. The molecule has 0 aliphatic heterocycles. The first kappa shape index (κ1) is 19.2. The fourth-order valence-electron chi connectivity index (χ4n) is 0.754. The second-order valence-corrected chi connectivity index (χ2v) is 7.35. The van der Waals surface area contributed by atoms with Gasteiger partial charge in [-0.1, -0.05) is 27.4 Å². The second kappa shape index (κ2) is 7.81. The summed E-state index contributed by atoms with van der Waals surface area (Å²) in [5, 5.41) is 0. The van der Waals surface area contributed by atoms with Gasteiger partial charge in [0.2, 0.25) is 6.79 Å². The molecule has 0 aromatic heterocycles. The molecule has 0 fully saturated rings. The zero-order chi connectivity index (χ0) is 16.0. The molecule has 1 unspecified atom stereocenters. The van der Waals surface area contributed by atoms with Gasteiger partial charge in [0.15, 0.2) is 6.79 Å². The molecule has 0 bridgehead atoms. The largest absolute Gasteiger partial charge is 0.471 e. The van der Waals surface area contributed by atoms with Crippen LogP contribution in [-0.2, 0) is 27.9 Å². The van der Waals surface area contributed by atoms with Crippen LogP contribution in [0.1, 0.15) is 41.5 Å². The molecule has 7 heteroatoms. The molecule has 1 atom stereocenters. The number of allylic oxidation sites excluding steroid dienone is 1. The predicted molar refractivity (Wildman–Crippen MR) is 76.1 cm³/mol. The van der Waals surface area contributed by atoms with E-state index in [2.05, 4.69) is 6.58 Å². The molecule has 0 radical (unpaired) electrons. The lowest BCUT2D eigenvalue weighted by Gasteiger charge is -2.21. The van der Waals surface area contributed by atoms with Crippen molar-refractivity contribution in [3.05, 3.63) is 12.3 Å². The normalized spacial score (nSPS) is 13.7. The summed E-state index contributed by atoms with van der Waals surface area (Å²) in [6.45, 7) is 14.0. The number of rotatable bonds is 7. The minimum atomic E-state index is -2.76. The molecule has 0 amide bonds. The van der Waals surface area contributed by atoms with Crippen LogP contribution in [0.4, 0.5) is 0 Å². The van der Waals surface area contributed by atoms with Crippen molar-refractivity contribution in [3.63, 3.8) is 0 Å². The summed E-state index contributed by atoms with van der Waals surface area (Å²) in [5.41, 5.74) is -0.851. The lowest BCUT2D eigenvalue weighted by molar-refractivity contribution is -0.159. The van der Waals surface area contributed by atoms with Gasteiger partial charge in [0.1, 0.15) is 0 Å². The lowest BCUT2D eigenvalue weighted by atomic mass is 9.95. The van der Waals surface area contributed by atoms with Crippen LogP contribution in [0, 0.1) is 10.8 Å². The monoisotopic (exact) mass is 308 g/mol. The molecule has 6 nitrogen and oxygen atoms in total. The number of hydrogen-bond acceptors (Lipinski definition) is 6. The molecule has 0 saturated heterocycles. The van der Waals surface area contributed by atoms with E-state index in [0.29, 0.717) is 5.76 Å². The average Bonchev–Trinajstić information content (AvgIpc) is 2.26. The molecule has 20 heavy (non-hydrogen) atoms. The zero-order valence-electron chi connectivity index (χ0n) is 13.1. The van der Waals surface area contributed by atoms with Gasteiger partial charge in [-0.15, -0.1) is 0 Å². The Labute approximate surface area is 121 Å². The Hall–Kier alpha value is -0.840. The standard InChI is InChI=1S/C13H25O6P/c1-10(12(2,3)4)16-8-18-20(15)19-9-17-11(14)13(5,6)7/h20H,1,8-9H2,2-7H3. The highest BCUT2D eigenvalue weighted by Gasteiger charge is 2.23. The van der Waals surface area contributed by atoms with Crippen molar-refractivity contribution in [3.8, 4) is 0 Å². The summed E-state index contributed by atoms with van der Waals surface area (Å²) >= 11 is 0. The highest BCUT2D eigenvalue weighted by atomic mass is 31.1. The Morgan fingerprint density at radius 1 is 0.950 bits per heavy atom. The van der Waals surface area contributed by atoms with Crippen LogP contribution >= 0.6 is 8.25 Å². The maximum Gasteiger partial charge on any atom is 0.324 e. The number of ether oxygens (including phenoxy) is 2. The van der Waals surface area contributed by atoms with E-state index in [1.165, 1.54) is 0 Å². The number of esters is 1. The Morgan fingerprint density at radius 2 is 1.40 bits per heavy atom. The van der Waals surface area contributed by atoms with E-state index in [1.54, 1.807) is 20.8 Å². The van der Waals surface area contributed by atoms with Crippen molar-refractivity contribution < 1.29 is 27.9 Å². The fourth-order valence-corrected chi connectivity index (χ4v) is 1.15. The predicted octanol–water partition coefficient (Wildman–Crippen LogP) is 3.49. The summed E-state index contributed by atoms with van der Waals surface area (Å²) in [4.78, 5) is 11.4. The molecule has 0 aliphatic rings. The number of carbonyl (C=O) groups is 1. The minimum Gasteiger partial charge on any atom is -0.471 e. The smallest absolute Gasteiger partial charge is 0.324 e. The molecular weight excluding hydrogens is 283 g/mol.